The Balaban J connectivity index is 1.41. The third-order valence-corrected chi connectivity index (χ3v) is 6.59. The lowest BCUT2D eigenvalue weighted by Gasteiger charge is -2.15. The number of ketones is 1. The van der Waals surface area contributed by atoms with E-state index in [1.807, 2.05) is 0 Å². The highest BCUT2D eigenvalue weighted by Crippen LogP contribution is 2.24. The fraction of sp³-hybridized carbons (Fsp3) is 0.269. The van der Waals surface area contributed by atoms with E-state index in [9.17, 15) is 27.9 Å². The van der Waals surface area contributed by atoms with Crippen molar-refractivity contribution in [2.75, 3.05) is 0 Å². The molecule has 0 aliphatic heterocycles. The van der Waals surface area contributed by atoms with Crippen molar-refractivity contribution in [1.29, 1.82) is 0 Å². The van der Waals surface area contributed by atoms with E-state index in [0.717, 1.165) is 9.25 Å². The number of imidazole rings is 1. The van der Waals surface area contributed by atoms with E-state index in [4.69, 9.17) is 11.6 Å². The summed E-state index contributed by atoms with van der Waals surface area (Å²) < 4.78 is 44.2. The molecule has 16 heteroatoms. The summed E-state index contributed by atoms with van der Waals surface area (Å²) in [5.74, 6) is 0.621. The van der Waals surface area contributed by atoms with Crippen molar-refractivity contribution in [2.45, 2.75) is 45.3 Å². The molecule has 0 bridgehead atoms. The van der Waals surface area contributed by atoms with Crippen LogP contribution >= 0.6 is 11.6 Å². The van der Waals surface area contributed by atoms with Gasteiger partial charge in [0.15, 0.2) is 23.5 Å². The van der Waals surface area contributed by atoms with Crippen LogP contribution in [-0.4, -0.2) is 66.8 Å². The lowest BCUT2D eigenvalue weighted by atomic mass is 10.1. The summed E-state index contributed by atoms with van der Waals surface area (Å²) in [6.45, 7) is 0.570. The Kier molecular flexibility index (Phi) is 8.04. The second-order valence-electron chi connectivity index (χ2n) is 9.33. The van der Waals surface area contributed by atoms with Crippen molar-refractivity contribution in [3.05, 3.63) is 94.2 Å². The fourth-order valence-corrected chi connectivity index (χ4v) is 4.32. The number of carbonyl (C=O) groups is 1. The first-order valence-electron chi connectivity index (χ1n) is 12.5. The maximum absolute atomic E-state index is 13.1. The Morgan fingerprint density at radius 1 is 1.07 bits per heavy atom. The molecule has 0 saturated heterocycles. The molecule has 4 aromatic heterocycles. The minimum absolute atomic E-state index is 0.0127. The number of pyridine rings is 1. The third-order valence-electron chi connectivity index (χ3n) is 6.34. The molecule has 12 nitrogen and oxygen atoms in total. The van der Waals surface area contributed by atoms with Crippen LogP contribution in [0, 0.1) is 6.92 Å². The second kappa shape index (κ2) is 11.7. The molecule has 0 spiro atoms. The average Bonchev–Trinajstić information content (AvgIpc) is 3.65. The second-order valence-corrected chi connectivity index (χ2v) is 9.77. The van der Waals surface area contributed by atoms with Crippen LogP contribution in [0.3, 0.4) is 0 Å². The summed E-state index contributed by atoms with van der Waals surface area (Å²) in [6, 6.07) is 9.37. The Morgan fingerprint density at radius 2 is 1.83 bits per heavy atom. The molecule has 42 heavy (non-hydrogen) atoms. The number of alkyl halides is 3. The smallest absolute Gasteiger partial charge is 0.382 e. The highest BCUT2D eigenvalue weighted by Gasteiger charge is 2.39. The number of rotatable bonds is 10. The number of nitrogens with zero attached hydrogens (tertiary/aromatic N) is 9. The number of carbonyl (C=O) groups excluding carboxylic acids is 1. The van der Waals surface area contributed by atoms with Gasteiger partial charge in [-0.2, -0.15) is 13.2 Å². The minimum atomic E-state index is -4.94. The zero-order valence-electron chi connectivity index (χ0n) is 22.0. The molecule has 0 radical (unpaired) electrons. The van der Waals surface area contributed by atoms with Gasteiger partial charge in [0.1, 0.15) is 18.7 Å². The van der Waals surface area contributed by atoms with Gasteiger partial charge in [0.05, 0.1) is 30.9 Å². The topological polar surface area (TPSA) is 139 Å². The number of hydrogen-bond donors (Lipinski definition) is 1. The molecule has 0 saturated carbocycles. The van der Waals surface area contributed by atoms with E-state index in [-0.39, 0.29) is 36.9 Å². The first-order valence-corrected chi connectivity index (χ1v) is 12.9. The van der Waals surface area contributed by atoms with E-state index in [1.165, 1.54) is 35.3 Å². The average molecular weight is 602 g/mol. The molecule has 4 heterocycles. The van der Waals surface area contributed by atoms with Gasteiger partial charge in [-0.1, -0.05) is 11.6 Å². The lowest BCUT2D eigenvalue weighted by molar-refractivity contribution is -0.207. The number of aliphatic hydroxyl groups is 1. The third kappa shape index (κ3) is 6.31. The normalized spacial score (nSPS) is 12.5. The summed E-state index contributed by atoms with van der Waals surface area (Å²) in [7, 11) is 0. The number of aliphatic hydroxyl groups excluding tert-OH is 1. The molecule has 1 atom stereocenters. The lowest BCUT2D eigenvalue weighted by Crippen LogP contribution is -2.37. The molecular weight excluding hydrogens is 579 g/mol. The van der Waals surface area contributed by atoms with E-state index >= 15 is 0 Å². The van der Waals surface area contributed by atoms with Gasteiger partial charge < -0.3 is 9.67 Å². The van der Waals surface area contributed by atoms with Gasteiger partial charge in [-0.25, -0.2) is 24.1 Å². The summed E-state index contributed by atoms with van der Waals surface area (Å²) in [4.78, 5) is 38.5. The van der Waals surface area contributed by atoms with Crippen LogP contribution in [0.5, 0.6) is 0 Å². The molecule has 218 valence electrons. The monoisotopic (exact) mass is 601 g/mol. The van der Waals surface area contributed by atoms with Crippen LogP contribution in [0.1, 0.15) is 17.3 Å². The number of aryl methyl sites for hydroxylation is 1. The highest BCUT2D eigenvalue weighted by atomic mass is 35.5. The molecule has 5 rings (SSSR count). The molecule has 0 aliphatic carbocycles. The zero-order chi connectivity index (χ0) is 30.0. The van der Waals surface area contributed by atoms with Gasteiger partial charge in [0.2, 0.25) is 0 Å². The van der Waals surface area contributed by atoms with E-state index in [0.29, 0.717) is 27.8 Å². The predicted octanol–water partition coefficient (Wildman–Crippen LogP) is 2.63. The zero-order valence-corrected chi connectivity index (χ0v) is 22.7. The van der Waals surface area contributed by atoms with Crippen molar-refractivity contribution in [2.24, 2.45) is 0 Å². The molecule has 1 N–H and O–H groups in total. The number of aromatic nitrogens is 9. The number of halogens is 4. The summed E-state index contributed by atoms with van der Waals surface area (Å²) >= 11 is 5.93. The number of Topliss-reactive ketones (excluding diaryl/α,β-unsaturated/α-hetero) is 1. The molecule has 0 amide bonds. The highest BCUT2D eigenvalue weighted by molar-refractivity contribution is 6.30. The van der Waals surface area contributed by atoms with Crippen molar-refractivity contribution in [1.82, 2.24) is 43.6 Å². The van der Waals surface area contributed by atoms with E-state index < -0.39 is 24.5 Å². The predicted molar refractivity (Wildman–Crippen MR) is 143 cm³/mol. The van der Waals surface area contributed by atoms with Crippen LogP contribution < -0.4 is 5.69 Å². The van der Waals surface area contributed by atoms with Crippen LogP contribution in [0.2, 0.25) is 5.02 Å². The Labute approximate surface area is 240 Å². The molecule has 0 fully saturated rings. The minimum Gasteiger partial charge on any atom is -0.382 e. The summed E-state index contributed by atoms with van der Waals surface area (Å²) in [6.07, 6.45) is -1.49. The van der Waals surface area contributed by atoms with Crippen LogP contribution in [0.15, 0.2) is 66.1 Å². The summed E-state index contributed by atoms with van der Waals surface area (Å²) in [5, 5.41) is 18.7. The van der Waals surface area contributed by atoms with Crippen LogP contribution in [0.25, 0.3) is 17.1 Å². The van der Waals surface area contributed by atoms with E-state index in [1.54, 1.807) is 42.2 Å². The molecular formula is C26H23ClF3N9O3. The van der Waals surface area contributed by atoms with Crippen molar-refractivity contribution in [3.63, 3.8) is 0 Å². The van der Waals surface area contributed by atoms with Gasteiger partial charge in [0.25, 0.3) is 0 Å². The van der Waals surface area contributed by atoms with Gasteiger partial charge >= 0.3 is 11.9 Å². The Hall–Kier alpha value is -4.63. The van der Waals surface area contributed by atoms with Gasteiger partial charge in [0, 0.05) is 29.2 Å². The van der Waals surface area contributed by atoms with Crippen molar-refractivity contribution in [3.8, 4) is 17.1 Å². The van der Waals surface area contributed by atoms with Gasteiger partial charge in [-0.05, 0) is 43.3 Å². The van der Waals surface area contributed by atoms with Crippen molar-refractivity contribution < 1.29 is 23.1 Å². The van der Waals surface area contributed by atoms with Gasteiger partial charge in [-0.15, -0.1) is 10.2 Å². The molecule has 1 aromatic carbocycles. The number of hydrogen-bond acceptors (Lipinski definition) is 8. The maximum atomic E-state index is 13.1. The van der Waals surface area contributed by atoms with Crippen molar-refractivity contribution >= 4 is 17.4 Å². The largest absolute Gasteiger partial charge is 0.416 e. The molecule has 0 unspecified atom stereocenters. The fourth-order valence-electron chi connectivity index (χ4n) is 4.20. The molecule has 0 aliphatic rings. The quantitative estimate of drug-likeness (QED) is 0.258. The Bertz CT molecular complexity index is 1770. The first kappa shape index (κ1) is 28.9. The van der Waals surface area contributed by atoms with Crippen LogP contribution in [0.4, 0.5) is 13.2 Å². The Morgan fingerprint density at radius 3 is 2.52 bits per heavy atom. The maximum Gasteiger partial charge on any atom is 0.416 e. The summed E-state index contributed by atoms with van der Waals surface area (Å²) in [5.41, 5.74) is 0.352. The first-order chi connectivity index (χ1) is 20.0. The standard InChI is InChI=1S/C26H23ClF3N9O3/c1-16-31-9-10-36(16)12-19(40)11-20-21(3-2-8-32-20)39-15-33-23(34-39)14-38-25(42)37(13-22(41)26(28,29)30)24(35-38)17-4-6-18(27)7-5-17/h2-10,15,22,41H,11-14H2,1H3/t22-/m0/s1. The van der Waals surface area contributed by atoms with E-state index in [2.05, 4.69) is 25.1 Å². The SMILES string of the molecule is Cc1nccn1CC(=O)Cc1ncccc1-n1cnc(Cn2nc(-c3ccc(Cl)cc3)n(C[C@H](O)C(F)(F)F)c2=O)n1. The van der Waals surface area contributed by atoms with Gasteiger partial charge in [-0.3, -0.25) is 14.3 Å². The molecule has 5 aromatic rings. The number of benzene rings is 1. The van der Waals surface area contributed by atoms with Crippen LogP contribution in [-0.2, 0) is 30.8 Å².